The Labute approximate surface area is 161 Å². The number of allylic oxidation sites excluding steroid dienone is 1. The van der Waals surface area contributed by atoms with Crippen LogP contribution in [0.3, 0.4) is 0 Å². The van der Waals surface area contributed by atoms with E-state index in [0.29, 0.717) is 25.7 Å². The lowest BCUT2D eigenvalue weighted by Crippen LogP contribution is -2.53. The van der Waals surface area contributed by atoms with Crippen LogP contribution in [0.5, 0.6) is 0 Å². The van der Waals surface area contributed by atoms with Gasteiger partial charge in [-0.3, -0.25) is 4.79 Å². The number of aliphatic hydroxyl groups is 2. The average Bonchev–Trinajstić information content (AvgIpc) is 3.26. The molecule has 5 heteroatoms. The number of carbonyl (C=O) groups excluding carboxylic acids is 1. The first-order valence-electron chi connectivity index (χ1n) is 10.5. The van der Waals surface area contributed by atoms with Gasteiger partial charge < -0.3 is 20.1 Å². The van der Waals surface area contributed by atoms with Crippen LogP contribution in [0.4, 0.5) is 0 Å². The van der Waals surface area contributed by atoms with Crippen LogP contribution in [-0.2, 0) is 9.59 Å². The molecule has 0 heterocycles. The van der Waals surface area contributed by atoms with Gasteiger partial charge in [-0.05, 0) is 61.7 Å². The normalized spacial score (nSPS) is 43.3. The molecule has 5 unspecified atom stereocenters. The van der Waals surface area contributed by atoms with Crippen LogP contribution in [0, 0.1) is 40.4 Å². The Hall–Kier alpha value is -1.20. The fourth-order valence-corrected chi connectivity index (χ4v) is 6.81. The summed E-state index contributed by atoms with van der Waals surface area (Å²) in [6, 6.07) is 0. The van der Waals surface area contributed by atoms with Crippen LogP contribution in [0.25, 0.3) is 0 Å². The van der Waals surface area contributed by atoms with Crippen molar-refractivity contribution in [2.24, 2.45) is 40.4 Å². The van der Waals surface area contributed by atoms with Gasteiger partial charge in [0.05, 0.1) is 6.10 Å². The maximum Gasteiger partial charge on any atom is 0.314 e. The number of aliphatic hydroxyl groups excluding tert-OH is 2. The number of hydrogen-bond acceptors (Lipinski definition) is 4. The van der Waals surface area contributed by atoms with Crippen molar-refractivity contribution in [2.75, 3.05) is 6.61 Å². The molecule has 27 heavy (non-hydrogen) atoms. The highest BCUT2D eigenvalue weighted by atomic mass is 16.4. The summed E-state index contributed by atoms with van der Waals surface area (Å²) < 4.78 is 0. The number of aldehydes is 1. The van der Waals surface area contributed by atoms with E-state index in [1.807, 2.05) is 20.8 Å². The largest absolute Gasteiger partial charge is 0.481 e. The molecule has 2 saturated carbocycles. The lowest BCUT2D eigenvalue weighted by atomic mass is 9.52. The highest BCUT2D eigenvalue weighted by Gasteiger charge is 2.71. The third-order valence-electron chi connectivity index (χ3n) is 7.97. The molecule has 3 N–H and O–H groups in total. The van der Waals surface area contributed by atoms with Crippen LogP contribution in [-0.4, -0.2) is 40.3 Å². The molecule has 2 bridgehead atoms. The van der Waals surface area contributed by atoms with E-state index in [9.17, 15) is 19.8 Å². The molecule has 0 spiro atoms. The van der Waals surface area contributed by atoms with Crippen LogP contribution < -0.4 is 0 Å². The van der Waals surface area contributed by atoms with E-state index in [-0.39, 0.29) is 36.2 Å². The molecule has 0 radical (unpaired) electrons. The van der Waals surface area contributed by atoms with Crippen molar-refractivity contribution in [3.63, 3.8) is 0 Å². The molecular formula is C22H34O5. The first-order chi connectivity index (χ1) is 12.7. The molecule has 152 valence electrons. The smallest absolute Gasteiger partial charge is 0.314 e. The van der Waals surface area contributed by atoms with Gasteiger partial charge in [0, 0.05) is 12.0 Å². The van der Waals surface area contributed by atoms with Crippen LogP contribution in [0.2, 0.25) is 0 Å². The minimum absolute atomic E-state index is 0.0435. The minimum Gasteiger partial charge on any atom is -0.481 e. The second-order valence-corrected chi connectivity index (χ2v) is 9.47. The third kappa shape index (κ3) is 2.80. The molecule has 0 amide bonds. The van der Waals surface area contributed by atoms with Crippen molar-refractivity contribution >= 4 is 12.3 Å². The van der Waals surface area contributed by atoms with E-state index in [0.717, 1.165) is 24.7 Å². The Bertz CT molecular complexity index is 626. The maximum atomic E-state index is 12.7. The third-order valence-corrected chi connectivity index (χ3v) is 7.97. The number of aliphatic carboxylic acids is 1. The van der Waals surface area contributed by atoms with Gasteiger partial charge in [-0.25, -0.2) is 0 Å². The Morgan fingerprint density at radius 3 is 2.59 bits per heavy atom. The standard InChI is InChI=1S/C22H34O5/c1-13(2)17-8-15-10-21(12-24,22(17,11-15)20(26)27)18-9-19(25)14(3)16(18)6-4-5-7-23/h8,12-16,18-19,23,25H,4-7,9-11H2,1-3H3,(H,26,27)/t14?,15?,16?,18?,19?,21-,22+/m0/s1. The lowest BCUT2D eigenvalue weighted by Gasteiger charge is -2.48. The monoisotopic (exact) mass is 378 g/mol. The molecule has 0 aromatic rings. The summed E-state index contributed by atoms with van der Waals surface area (Å²) in [5, 5.41) is 30.1. The van der Waals surface area contributed by atoms with Gasteiger partial charge in [-0.1, -0.05) is 38.8 Å². The maximum absolute atomic E-state index is 12.7. The summed E-state index contributed by atoms with van der Waals surface area (Å²) in [7, 11) is 0. The molecule has 7 atom stereocenters. The van der Waals surface area contributed by atoms with E-state index in [4.69, 9.17) is 5.11 Å². The van der Waals surface area contributed by atoms with Gasteiger partial charge >= 0.3 is 5.97 Å². The molecule has 3 rings (SSSR count). The summed E-state index contributed by atoms with van der Waals surface area (Å²) in [5.74, 6) is -0.625. The molecule has 0 saturated heterocycles. The van der Waals surface area contributed by atoms with Crippen LogP contribution >= 0.6 is 0 Å². The van der Waals surface area contributed by atoms with Crippen LogP contribution in [0.1, 0.15) is 59.3 Å². The molecule has 3 aliphatic rings. The van der Waals surface area contributed by atoms with E-state index in [1.165, 1.54) is 0 Å². The highest BCUT2D eigenvalue weighted by molar-refractivity contribution is 5.88. The molecule has 2 fully saturated rings. The summed E-state index contributed by atoms with van der Waals surface area (Å²) >= 11 is 0. The van der Waals surface area contributed by atoms with E-state index < -0.39 is 22.9 Å². The van der Waals surface area contributed by atoms with E-state index in [1.54, 1.807) is 0 Å². The summed E-state index contributed by atoms with van der Waals surface area (Å²) in [4.78, 5) is 25.3. The fraction of sp³-hybridized carbons (Fsp3) is 0.818. The van der Waals surface area contributed by atoms with E-state index >= 15 is 0 Å². The molecule has 0 aromatic heterocycles. The van der Waals surface area contributed by atoms with Gasteiger partial charge in [-0.15, -0.1) is 0 Å². The molecule has 5 nitrogen and oxygen atoms in total. The summed E-state index contributed by atoms with van der Waals surface area (Å²) in [5.41, 5.74) is -1.16. The van der Waals surface area contributed by atoms with Gasteiger partial charge in [0.15, 0.2) is 0 Å². The van der Waals surface area contributed by atoms with Crippen molar-refractivity contribution < 1.29 is 24.9 Å². The van der Waals surface area contributed by atoms with Crippen LogP contribution in [0.15, 0.2) is 11.6 Å². The predicted molar refractivity (Wildman–Crippen MR) is 102 cm³/mol. The first kappa shape index (κ1) is 20.5. The number of carboxylic acids is 1. The van der Waals surface area contributed by atoms with Crippen molar-refractivity contribution in [1.82, 2.24) is 0 Å². The quantitative estimate of drug-likeness (QED) is 0.343. The Morgan fingerprint density at radius 1 is 1.33 bits per heavy atom. The lowest BCUT2D eigenvalue weighted by molar-refractivity contribution is -0.160. The van der Waals surface area contributed by atoms with Crippen molar-refractivity contribution in [1.29, 1.82) is 0 Å². The number of carboxylic acid groups (broad SMARTS) is 1. The second kappa shape index (κ2) is 7.32. The Morgan fingerprint density at radius 2 is 2.04 bits per heavy atom. The van der Waals surface area contributed by atoms with E-state index in [2.05, 4.69) is 6.08 Å². The zero-order chi connectivity index (χ0) is 20.0. The second-order valence-electron chi connectivity index (χ2n) is 9.47. The van der Waals surface area contributed by atoms with Gasteiger partial charge in [-0.2, -0.15) is 0 Å². The SMILES string of the molecule is CC(C)C1=CC2C[C@@]1(C(=O)O)[C@@](C=O)(C1CC(O)C(C)C1CCCCO)C2. The minimum atomic E-state index is -1.13. The topological polar surface area (TPSA) is 94.8 Å². The average molecular weight is 379 g/mol. The number of rotatable bonds is 8. The van der Waals surface area contributed by atoms with Crippen molar-refractivity contribution in [3.8, 4) is 0 Å². The molecular weight excluding hydrogens is 344 g/mol. The van der Waals surface area contributed by atoms with Gasteiger partial charge in [0.1, 0.15) is 11.7 Å². The zero-order valence-corrected chi connectivity index (χ0v) is 16.7. The Balaban J connectivity index is 2.05. The van der Waals surface area contributed by atoms with Crippen molar-refractivity contribution in [2.45, 2.75) is 65.4 Å². The molecule has 0 aliphatic heterocycles. The summed E-state index contributed by atoms with van der Waals surface area (Å²) in [6.07, 6.45) is 6.50. The highest BCUT2D eigenvalue weighted by Crippen LogP contribution is 2.70. The molecule has 3 aliphatic carbocycles. The van der Waals surface area contributed by atoms with Crippen molar-refractivity contribution in [3.05, 3.63) is 11.6 Å². The van der Waals surface area contributed by atoms with Gasteiger partial charge in [0.25, 0.3) is 0 Å². The Kier molecular flexibility index (Phi) is 5.57. The first-order valence-corrected chi connectivity index (χ1v) is 10.5. The fourth-order valence-electron chi connectivity index (χ4n) is 6.81. The number of fused-ring (bicyclic) bond motifs is 2. The number of hydrogen-bond donors (Lipinski definition) is 3. The summed E-state index contributed by atoms with van der Waals surface area (Å²) in [6.45, 7) is 6.18. The number of carbonyl (C=O) groups is 2. The molecule has 0 aromatic carbocycles. The predicted octanol–water partition coefficient (Wildman–Crippen LogP) is 3.04. The number of unbranched alkanes of at least 4 members (excludes halogenated alkanes) is 1. The zero-order valence-electron chi connectivity index (χ0n) is 16.7. The van der Waals surface area contributed by atoms with Gasteiger partial charge in [0.2, 0.25) is 0 Å².